The summed E-state index contributed by atoms with van der Waals surface area (Å²) < 4.78 is 38.7. The van der Waals surface area contributed by atoms with Gasteiger partial charge in [-0.1, -0.05) is 26.0 Å². The van der Waals surface area contributed by atoms with Crippen LogP contribution in [0.1, 0.15) is 44.7 Å². The lowest BCUT2D eigenvalue weighted by Gasteiger charge is -2.24. The number of nitrogens with zero attached hydrogens (tertiary/aromatic N) is 1. The molecule has 1 amide bonds. The highest BCUT2D eigenvalue weighted by Gasteiger charge is 2.27. The Morgan fingerprint density at radius 1 is 1.00 bits per heavy atom. The number of amides is 1. The van der Waals surface area contributed by atoms with Crippen LogP contribution in [0.5, 0.6) is 11.5 Å². The van der Waals surface area contributed by atoms with Crippen LogP contribution in [0, 0.1) is 5.92 Å². The molecular formula is C25H33N3O5S. The Morgan fingerprint density at radius 3 is 2.47 bits per heavy atom. The number of ether oxygens (including phenoxy) is 2. The molecule has 184 valence electrons. The Kier molecular flexibility index (Phi) is 7.75. The molecule has 1 saturated heterocycles. The third-order valence-corrected chi connectivity index (χ3v) is 8.00. The maximum atomic E-state index is 12.8. The van der Waals surface area contributed by atoms with Gasteiger partial charge >= 0.3 is 0 Å². The van der Waals surface area contributed by atoms with Crippen molar-refractivity contribution in [3.8, 4) is 11.5 Å². The van der Waals surface area contributed by atoms with Gasteiger partial charge in [0, 0.05) is 31.2 Å². The third kappa shape index (κ3) is 5.71. The summed E-state index contributed by atoms with van der Waals surface area (Å²) >= 11 is 0. The molecule has 2 aliphatic rings. The molecule has 0 aromatic heterocycles. The topological polar surface area (TPSA) is 97.0 Å². The van der Waals surface area contributed by atoms with Crippen molar-refractivity contribution >= 4 is 21.6 Å². The summed E-state index contributed by atoms with van der Waals surface area (Å²) in [5.74, 6) is 1.45. The number of carbonyl (C=O) groups is 1. The van der Waals surface area contributed by atoms with E-state index in [1.807, 2.05) is 18.2 Å². The van der Waals surface area contributed by atoms with E-state index in [4.69, 9.17) is 9.47 Å². The van der Waals surface area contributed by atoms with Gasteiger partial charge < -0.3 is 20.1 Å². The summed E-state index contributed by atoms with van der Waals surface area (Å²) in [5, 5.41) is 6.15. The first-order valence-corrected chi connectivity index (χ1v) is 13.3. The van der Waals surface area contributed by atoms with Crippen molar-refractivity contribution < 1.29 is 22.7 Å². The molecule has 1 unspecified atom stereocenters. The van der Waals surface area contributed by atoms with Gasteiger partial charge in [-0.05, 0) is 54.7 Å². The highest BCUT2D eigenvalue weighted by atomic mass is 32.2. The van der Waals surface area contributed by atoms with Gasteiger partial charge in [0.2, 0.25) is 15.9 Å². The van der Waals surface area contributed by atoms with E-state index < -0.39 is 10.0 Å². The number of benzene rings is 2. The molecule has 2 heterocycles. The molecule has 0 spiro atoms. The molecular weight excluding hydrogens is 454 g/mol. The van der Waals surface area contributed by atoms with Crippen LogP contribution in [-0.4, -0.2) is 51.5 Å². The van der Waals surface area contributed by atoms with Crippen molar-refractivity contribution in [3.63, 3.8) is 0 Å². The van der Waals surface area contributed by atoms with Gasteiger partial charge in [0.05, 0.1) is 24.7 Å². The molecule has 1 fully saturated rings. The average Bonchev–Trinajstić information content (AvgIpc) is 3.26. The highest BCUT2D eigenvalue weighted by molar-refractivity contribution is 7.89. The third-order valence-electron chi connectivity index (χ3n) is 6.10. The van der Waals surface area contributed by atoms with E-state index in [9.17, 15) is 13.2 Å². The summed E-state index contributed by atoms with van der Waals surface area (Å²) in [6.07, 6.45) is 2.60. The molecule has 2 aromatic carbocycles. The van der Waals surface area contributed by atoms with Crippen LogP contribution in [0.3, 0.4) is 0 Å². The first-order chi connectivity index (χ1) is 16.3. The smallest absolute Gasteiger partial charge is 0.243 e. The second kappa shape index (κ2) is 10.8. The highest BCUT2D eigenvalue weighted by Crippen LogP contribution is 2.34. The minimum atomic E-state index is -3.54. The lowest BCUT2D eigenvalue weighted by molar-refractivity contribution is -0.115. The van der Waals surface area contributed by atoms with Crippen molar-refractivity contribution in [1.82, 2.24) is 9.62 Å². The van der Waals surface area contributed by atoms with Crippen molar-refractivity contribution in [2.24, 2.45) is 5.92 Å². The van der Waals surface area contributed by atoms with Crippen LogP contribution >= 0.6 is 0 Å². The number of fused-ring (bicyclic) bond motifs is 1. The summed E-state index contributed by atoms with van der Waals surface area (Å²) in [6.45, 7) is 6.60. The van der Waals surface area contributed by atoms with Gasteiger partial charge in [-0.25, -0.2) is 8.42 Å². The number of anilines is 1. The molecule has 8 nitrogen and oxygen atoms in total. The van der Waals surface area contributed by atoms with Gasteiger partial charge in [-0.2, -0.15) is 4.31 Å². The minimum absolute atomic E-state index is 0.0650. The molecule has 2 N–H and O–H groups in total. The predicted molar refractivity (Wildman–Crippen MR) is 131 cm³/mol. The molecule has 1 atom stereocenters. The number of hydrogen-bond acceptors (Lipinski definition) is 6. The van der Waals surface area contributed by atoms with Crippen LogP contribution in [-0.2, 0) is 14.8 Å². The number of carbonyl (C=O) groups excluding carboxylic acids is 1. The number of rotatable bonds is 8. The summed E-state index contributed by atoms with van der Waals surface area (Å²) in [7, 11) is -3.54. The zero-order valence-corrected chi connectivity index (χ0v) is 20.6. The second-order valence-electron chi connectivity index (χ2n) is 9.05. The van der Waals surface area contributed by atoms with E-state index in [-0.39, 0.29) is 29.3 Å². The zero-order valence-electron chi connectivity index (χ0n) is 19.7. The minimum Gasteiger partial charge on any atom is -0.490 e. The Balaban J connectivity index is 1.40. The fraction of sp³-hybridized carbons (Fsp3) is 0.480. The number of sulfonamides is 1. The van der Waals surface area contributed by atoms with E-state index >= 15 is 0 Å². The molecule has 34 heavy (non-hydrogen) atoms. The van der Waals surface area contributed by atoms with Gasteiger partial charge in [0.25, 0.3) is 0 Å². The standard InChI is InChI=1S/C25H33N3O5S/c1-18(2)25(19-9-10-22-23(15-19)33-14-6-13-32-22)26-17-24(29)27-20-7-5-8-21(16-20)34(30,31)28-11-3-4-12-28/h5,7-10,15-16,18,25-26H,3-4,6,11-14,17H2,1-2H3,(H,27,29). The number of nitrogens with one attached hydrogen (secondary N) is 2. The van der Waals surface area contributed by atoms with Crippen molar-refractivity contribution in [2.75, 3.05) is 38.2 Å². The van der Waals surface area contributed by atoms with Gasteiger partial charge in [0.15, 0.2) is 11.5 Å². The van der Waals surface area contributed by atoms with E-state index in [1.54, 1.807) is 18.2 Å². The lowest BCUT2D eigenvalue weighted by atomic mass is 9.95. The van der Waals surface area contributed by atoms with Gasteiger partial charge in [-0.15, -0.1) is 0 Å². The first-order valence-electron chi connectivity index (χ1n) is 11.9. The molecule has 2 aromatic rings. The Bertz CT molecular complexity index is 1110. The average molecular weight is 488 g/mol. The summed E-state index contributed by atoms with van der Waals surface area (Å²) in [5.41, 5.74) is 1.48. The van der Waals surface area contributed by atoms with E-state index in [2.05, 4.69) is 24.5 Å². The maximum Gasteiger partial charge on any atom is 0.243 e. The Hall–Kier alpha value is -2.62. The Labute approximate surface area is 201 Å². The summed E-state index contributed by atoms with van der Waals surface area (Å²) in [4.78, 5) is 12.9. The van der Waals surface area contributed by atoms with Crippen LogP contribution in [0.2, 0.25) is 0 Å². The predicted octanol–water partition coefficient (Wildman–Crippen LogP) is 3.56. The summed E-state index contributed by atoms with van der Waals surface area (Å²) in [6, 6.07) is 12.3. The van der Waals surface area contributed by atoms with Crippen LogP contribution in [0.15, 0.2) is 47.4 Å². The molecule has 0 aliphatic carbocycles. The quantitative estimate of drug-likeness (QED) is 0.591. The molecule has 0 saturated carbocycles. The molecule has 0 bridgehead atoms. The first kappa shape index (κ1) is 24.5. The van der Waals surface area contributed by atoms with Gasteiger partial charge in [-0.3, -0.25) is 4.79 Å². The number of hydrogen-bond donors (Lipinski definition) is 2. The van der Waals surface area contributed by atoms with Crippen molar-refractivity contribution in [2.45, 2.75) is 44.0 Å². The van der Waals surface area contributed by atoms with E-state index in [1.165, 1.54) is 10.4 Å². The molecule has 4 rings (SSSR count). The normalized spacial score (nSPS) is 17.4. The Morgan fingerprint density at radius 2 is 1.74 bits per heavy atom. The monoisotopic (exact) mass is 487 g/mol. The molecule has 9 heteroatoms. The van der Waals surface area contributed by atoms with Crippen LogP contribution in [0.4, 0.5) is 5.69 Å². The molecule has 2 aliphatic heterocycles. The zero-order chi connectivity index (χ0) is 24.1. The van der Waals surface area contributed by atoms with Gasteiger partial charge in [0.1, 0.15) is 0 Å². The van der Waals surface area contributed by atoms with Crippen molar-refractivity contribution in [1.29, 1.82) is 0 Å². The lowest BCUT2D eigenvalue weighted by Crippen LogP contribution is -2.33. The van der Waals surface area contributed by atoms with E-state index in [0.717, 1.165) is 36.3 Å². The molecule has 0 radical (unpaired) electrons. The fourth-order valence-corrected chi connectivity index (χ4v) is 5.89. The van der Waals surface area contributed by atoms with Crippen LogP contribution in [0.25, 0.3) is 0 Å². The maximum absolute atomic E-state index is 12.8. The largest absolute Gasteiger partial charge is 0.490 e. The van der Waals surface area contributed by atoms with Crippen molar-refractivity contribution in [3.05, 3.63) is 48.0 Å². The van der Waals surface area contributed by atoms with Crippen LogP contribution < -0.4 is 20.1 Å². The SMILES string of the molecule is CC(C)C(NCC(=O)Nc1cccc(S(=O)(=O)N2CCCC2)c1)c1ccc2c(c1)OCCCO2. The fourth-order valence-electron chi connectivity index (χ4n) is 4.33. The second-order valence-corrected chi connectivity index (χ2v) is 11.0. The van der Waals surface area contributed by atoms with E-state index in [0.29, 0.717) is 32.0 Å².